The second kappa shape index (κ2) is 5.95. The summed E-state index contributed by atoms with van der Waals surface area (Å²) in [6, 6.07) is -0.545. The van der Waals surface area contributed by atoms with E-state index in [1.54, 1.807) is 11.8 Å². The number of ether oxygens (including phenoxy) is 1. The molecule has 0 radical (unpaired) electrons. The first-order valence-electron chi connectivity index (χ1n) is 8.24. The Hall–Kier alpha value is -1.10. The van der Waals surface area contributed by atoms with Crippen molar-refractivity contribution in [2.45, 2.75) is 70.1 Å². The third kappa shape index (κ3) is 3.07. The van der Waals surface area contributed by atoms with E-state index in [4.69, 9.17) is 4.74 Å². The van der Waals surface area contributed by atoms with E-state index in [0.717, 1.165) is 25.7 Å². The first-order chi connectivity index (χ1) is 10.1. The number of rotatable bonds is 5. The van der Waals surface area contributed by atoms with Gasteiger partial charge in [0.2, 0.25) is 0 Å². The molecular formula is C16H25NO4. The molecule has 0 aromatic rings. The van der Waals surface area contributed by atoms with Gasteiger partial charge in [0.15, 0.2) is 0 Å². The lowest BCUT2D eigenvalue weighted by Gasteiger charge is -2.34. The van der Waals surface area contributed by atoms with Crippen LogP contribution in [-0.2, 0) is 14.3 Å². The summed E-state index contributed by atoms with van der Waals surface area (Å²) < 4.78 is 5.66. The van der Waals surface area contributed by atoms with Crippen molar-refractivity contribution < 1.29 is 19.4 Å². The first-order valence-corrected chi connectivity index (χ1v) is 8.24. The van der Waals surface area contributed by atoms with Crippen molar-refractivity contribution in [1.29, 1.82) is 0 Å². The predicted molar refractivity (Wildman–Crippen MR) is 76.8 cm³/mol. The Labute approximate surface area is 125 Å². The zero-order chi connectivity index (χ0) is 15.0. The quantitative estimate of drug-likeness (QED) is 0.843. The molecule has 0 spiro atoms. The highest BCUT2D eigenvalue weighted by Gasteiger charge is 2.48. The molecule has 3 rings (SSSR count). The summed E-state index contributed by atoms with van der Waals surface area (Å²) in [6.07, 6.45) is 6.71. The summed E-state index contributed by atoms with van der Waals surface area (Å²) in [7, 11) is 0. The number of fused-ring (bicyclic) bond motifs is 1. The van der Waals surface area contributed by atoms with Gasteiger partial charge in [-0.15, -0.1) is 0 Å². The van der Waals surface area contributed by atoms with Gasteiger partial charge < -0.3 is 14.7 Å². The van der Waals surface area contributed by atoms with Crippen LogP contribution in [0.3, 0.4) is 0 Å². The van der Waals surface area contributed by atoms with E-state index in [9.17, 15) is 14.7 Å². The van der Waals surface area contributed by atoms with Crippen LogP contribution >= 0.6 is 0 Å². The van der Waals surface area contributed by atoms with Crippen LogP contribution in [0, 0.1) is 11.8 Å². The lowest BCUT2D eigenvalue weighted by Crippen LogP contribution is -2.50. The minimum Gasteiger partial charge on any atom is -0.480 e. The van der Waals surface area contributed by atoms with Crippen molar-refractivity contribution in [1.82, 2.24) is 4.90 Å². The fraction of sp³-hybridized carbons (Fsp3) is 0.875. The number of carboxylic acids is 1. The van der Waals surface area contributed by atoms with Gasteiger partial charge in [0, 0.05) is 6.04 Å². The highest BCUT2D eigenvalue weighted by Crippen LogP contribution is 2.40. The van der Waals surface area contributed by atoms with E-state index in [-0.39, 0.29) is 11.9 Å². The Kier molecular flexibility index (Phi) is 4.20. The molecule has 0 bridgehead atoms. The number of aliphatic carboxylic acids is 1. The predicted octanol–water partition coefficient (Wildman–Crippen LogP) is 2.05. The molecule has 1 aliphatic heterocycles. The summed E-state index contributed by atoms with van der Waals surface area (Å²) in [5, 5.41) is 9.45. The minimum absolute atomic E-state index is 0.110. The topological polar surface area (TPSA) is 66.8 Å². The summed E-state index contributed by atoms with van der Waals surface area (Å²) >= 11 is 0. The van der Waals surface area contributed by atoms with Crippen molar-refractivity contribution in [2.75, 3.05) is 6.61 Å². The molecule has 2 saturated carbocycles. The number of hydrogen-bond donors (Lipinski definition) is 1. The van der Waals surface area contributed by atoms with Gasteiger partial charge in [-0.1, -0.05) is 12.8 Å². The van der Waals surface area contributed by atoms with Gasteiger partial charge in [0.1, 0.15) is 12.1 Å². The van der Waals surface area contributed by atoms with E-state index in [1.807, 2.05) is 0 Å². The fourth-order valence-corrected chi connectivity index (χ4v) is 3.84. The number of nitrogens with zero attached hydrogens (tertiary/aromatic N) is 1. The molecule has 4 atom stereocenters. The summed E-state index contributed by atoms with van der Waals surface area (Å²) in [4.78, 5) is 25.9. The summed E-state index contributed by atoms with van der Waals surface area (Å²) in [5.41, 5.74) is 0. The molecule has 5 heteroatoms. The van der Waals surface area contributed by atoms with Crippen LogP contribution in [0.15, 0.2) is 0 Å². The molecule has 0 aromatic carbocycles. The van der Waals surface area contributed by atoms with Crippen molar-refractivity contribution >= 4 is 11.9 Å². The molecule has 3 fully saturated rings. The average molecular weight is 295 g/mol. The highest BCUT2D eigenvalue weighted by atomic mass is 16.5. The number of likely N-dealkylation sites (tertiary alicyclic amines) is 1. The molecule has 0 aromatic heterocycles. The van der Waals surface area contributed by atoms with Gasteiger partial charge in [-0.3, -0.25) is 4.79 Å². The van der Waals surface area contributed by atoms with Gasteiger partial charge in [-0.05, 0) is 50.9 Å². The van der Waals surface area contributed by atoms with Crippen molar-refractivity contribution in [2.24, 2.45) is 11.8 Å². The van der Waals surface area contributed by atoms with E-state index < -0.39 is 18.1 Å². The van der Waals surface area contributed by atoms with E-state index in [0.29, 0.717) is 24.9 Å². The SMILES string of the molecule is C[C@H](OCC1CC1)C(=O)N1[C@@H]2CCCC[C@H]2C[C@H]1C(=O)O. The maximum Gasteiger partial charge on any atom is 0.326 e. The fourth-order valence-electron chi connectivity index (χ4n) is 3.84. The highest BCUT2D eigenvalue weighted by molar-refractivity contribution is 5.87. The van der Waals surface area contributed by atoms with Gasteiger partial charge in [-0.25, -0.2) is 4.79 Å². The van der Waals surface area contributed by atoms with Crippen molar-refractivity contribution in [3.8, 4) is 0 Å². The number of carboxylic acid groups (broad SMARTS) is 1. The molecule has 118 valence electrons. The Bertz CT molecular complexity index is 421. The number of carbonyl (C=O) groups is 2. The van der Waals surface area contributed by atoms with Crippen LogP contribution in [0.5, 0.6) is 0 Å². The van der Waals surface area contributed by atoms with Crippen LogP contribution in [0.2, 0.25) is 0 Å². The zero-order valence-electron chi connectivity index (χ0n) is 12.7. The smallest absolute Gasteiger partial charge is 0.326 e. The number of carbonyl (C=O) groups excluding carboxylic acids is 1. The Morgan fingerprint density at radius 3 is 2.62 bits per heavy atom. The molecule has 3 aliphatic rings. The molecular weight excluding hydrogens is 270 g/mol. The zero-order valence-corrected chi connectivity index (χ0v) is 12.7. The molecule has 1 heterocycles. The van der Waals surface area contributed by atoms with Gasteiger partial charge in [0.25, 0.3) is 5.91 Å². The van der Waals surface area contributed by atoms with Crippen molar-refractivity contribution in [3.63, 3.8) is 0 Å². The lowest BCUT2D eigenvalue weighted by atomic mass is 9.84. The molecule has 1 saturated heterocycles. The second-order valence-corrected chi connectivity index (χ2v) is 6.87. The van der Waals surface area contributed by atoms with Crippen molar-refractivity contribution in [3.05, 3.63) is 0 Å². The molecule has 21 heavy (non-hydrogen) atoms. The Balaban J connectivity index is 1.68. The third-order valence-electron chi connectivity index (χ3n) is 5.25. The molecule has 1 amide bonds. The van der Waals surface area contributed by atoms with E-state index in [2.05, 4.69) is 0 Å². The summed E-state index contributed by atoms with van der Waals surface area (Å²) in [5.74, 6) is -0.0273. The van der Waals surface area contributed by atoms with Crippen LogP contribution in [0.25, 0.3) is 0 Å². The first kappa shape index (κ1) is 14.8. The Morgan fingerprint density at radius 1 is 1.24 bits per heavy atom. The number of amides is 1. The number of hydrogen-bond acceptors (Lipinski definition) is 3. The normalized spacial score (nSPS) is 33.6. The maximum absolute atomic E-state index is 12.7. The lowest BCUT2D eigenvalue weighted by molar-refractivity contribution is -0.155. The molecule has 5 nitrogen and oxygen atoms in total. The average Bonchev–Trinajstić information content (AvgIpc) is 3.22. The second-order valence-electron chi connectivity index (χ2n) is 6.87. The molecule has 0 unspecified atom stereocenters. The largest absolute Gasteiger partial charge is 0.480 e. The van der Waals surface area contributed by atoms with Crippen LogP contribution < -0.4 is 0 Å². The van der Waals surface area contributed by atoms with Gasteiger partial charge in [0.05, 0.1) is 6.61 Å². The van der Waals surface area contributed by atoms with Crippen LogP contribution in [0.4, 0.5) is 0 Å². The minimum atomic E-state index is -0.868. The van der Waals surface area contributed by atoms with E-state index in [1.165, 1.54) is 12.8 Å². The summed E-state index contributed by atoms with van der Waals surface area (Å²) in [6.45, 7) is 2.40. The van der Waals surface area contributed by atoms with E-state index >= 15 is 0 Å². The molecule has 2 aliphatic carbocycles. The maximum atomic E-state index is 12.7. The third-order valence-corrected chi connectivity index (χ3v) is 5.25. The standard InChI is InChI=1S/C16H25NO4/c1-10(21-9-11-6-7-11)15(18)17-13-5-3-2-4-12(13)8-14(17)16(19)20/h10-14H,2-9H2,1H3,(H,19,20)/t10-,12-,13+,14-/m0/s1. The van der Waals surface area contributed by atoms with Gasteiger partial charge in [-0.2, -0.15) is 0 Å². The monoisotopic (exact) mass is 295 g/mol. The molecule has 1 N–H and O–H groups in total. The van der Waals surface area contributed by atoms with Crippen LogP contribution in [0.1, 0.15) is 51.9 Å². The Morgan fingerprint density at radius 2 is 1.95 bits per heavy atom. The van der Waals surface area contributed by atoms with Gasteiger partial charge >= 0.3 is 5.97 Å². The van der Waals surface area contributed by atoms with Crippen LogP contribution in [-0.4, -0.2) is 46.7 Å².